The quantitative estimate of drug-likeness (QED) is 0.651. The number of benzene rings is 2. The van der Waals surface area contributed by atoms with Crippen LogP contribution in [0, 0.1) is 0 Å². The number of amides is 1. The lowest BCUT2D eigenvalue weighted by Gasteiger charge is -2.27. The second-order valence-electron chi connectivity index (χ2n) is 6.79. The standard InChI is InChI=1S/C22H24N4O2.ClH/c27-21(24-12-15-26-13-10-23-11-14-26)18-8-4-5-9-19(18)22-25-16-20(28-22)17-6-2-1-3-7-17;/h1-9,16,23H,10-15H2,(H,24,27);1H. The van der Waals surface area contributed by atoms with Crippen molar-refractivity contribution in [2.75, 3.05) is 39.3 Å². The number of piperazine rings is 1. The van der Waals surface area contributed by atoms with E-state index in [-0.39, 0.29) is 18.3 Å². The Hall–Kier alpha value is -2.67. The van der Waals surface area contributed by atoms with Crippen molar-refractivity contribution in [3.05, 3.63) is 66.4 Å². The number of carbonyl (C=O) groups excluding carboxylic acids is 1. The second kappa shape index (κ2) is 10.2. The molecule has 0 aliphatic carbocycles. The summed E-state index contributed by atoms with van der Waals surface area (Å²) >= 11 is 0. The molecule has 1 aliphatic heterocycles. The van der Waals surface area contributed by atoms with Crippen LogP contribution in [0.4, 0.5) is 0 Å². The number of rotatable bonds is 6. The molecule has 6 nitrogen and oxygen atoms in total. The van der Waals surface area contributed by atoms with Crippen LogP contribution in [-0.2, 0) is 0 Å². The third-order valence-corrected chi connectivity index (χ3v) is 4.89. The number of oxazole rings is 1. The van der Waals surface area contributed by atoms with Gasteiger partial charge in [0.1, 0.15) is 0 Å². The molecule has 3 aromatic rings. The molecule has 0 unspecified atom stereocenters. The van der Waals surface area contributed by atoms with Crippen LogP contribution in [0.15, 0.2) is 65.2 Å². The summed E-state index contributed by atoms with van der Waals surface area (Å²) in [5, 5.41) is 6.36. The van der Waals surface area contributed by atoms with Gasteiger partial charge in [-0.05, 0) is 12.1 Å². The van der Waals surface area contributed by atoms with E-state index in [1.54, 1.807) is 6.20 Å². The fourth-order valence-electron chi connectivity index (χ4n) is 3.36. The highest BCUT2D eigenvalue weighted by atomic mass is 35.5. The lowest BCUT2D eigenvalue weighted by Crippen LogP contribution is -2.46. The molecule has 4 rings (SSSR count). The molecule has 0 spiro atoms. The third kappa shape index (κ3) is 5.23. The number of halogens is 1. The summed E-state index contributed by atoms with van der Waals surface area (Å²) in [6.07, 6.45) is 1.70. The Morgan fingerprint density at radius 2 is 1.79 bits per heavy atom. The van der Waals surface area contributed by atoms with E-state index in [1.165, 1.54) is 0 Å². The monoisotopic (exact) mass is 412 g/mol. The van der Waals surface area contributed by atoms with Crippen LogP contribution >= 0.6 is 12.4 Å². The van der Waals surface area contributed by atoms with Crippen molar-refractivity contribution in [3.63, 3.8) is 0 Å². The van der Waals surface area contributed by atoms with Gasteiger partial charge in [0.15, 0.2) is 5.76 Å². The molecule has 0 atom stereocenters. The minimum Gasteiger partial charge on any atom is -0.436 e. The van der Waals surface area contributed by atoms with Crippen LogP contribution in [0.2, 0.25) is 0 Å². The van der Waals surface area contributed by atoms with Crippen LogP contribution < -0.4 is 10.6 Å². The molecule has 7 heteroatoms. The maximum Gasteiger partial charge on any atom is 0.252 e. The van der Waals surface area contributed by atoms with E-state index < -0.39 is 0 Å². The summed E-state index contributed by atoms with van der Waals surface area (Å²) in [5.41, 5.74) is 2.23. The highest BCUT2D eigenvalue weighted by Gasteiger charge is 2.17. The highest BCUT2D eigenvalue weighted by molar-refractivity contribution is 6.00. The van der Waals surface area contributed by atoms with E-state index in [9.17, 15) is 4.79 Å². The molecule has 0 radical (unpaired) electrons. The van der Waals surface area contributed by atoms with Crippen molar-refractivity contribution >= 4 is 18.3 Å². The van der Waals surface area contributed by atoms with E-state index in [0.29, 0.717) is 29.3 Å². The lowest BCUT2D eigenvalue weighted by molar-refractivity contribution is 0.0947. The minimum atomic E-state index is -0.106. The topological polar surface area (TPSA) is 70.4 Å². The van der Waals surface area contributed by atoms with Gasteiger partial charge in [0.05, 0.1) is 11.8 Å². The first-order chi connectivity index (χ1) is 13.8. The smallest absolute Gasteiger partial charge is 0.252 e. The van der Waals surface area contributed by atoms with Gasteiger partial charge >= 0.3 is 0 Å². The third-order valence-electron chi connectivity index (χ3n) is 4.89. The van der Waals surface area contributed by atoms with Gasteiger partial charge in [0.2, 0.25) is 5.89 Å². The predicted octanol–water partition coefficient (Wildman–Crippen LogP) is 3.07. The van der Waals surface area contributed by atoms with Gasteiger partial charge in [0, 0.05) is 50.4 Å². The molecular formula is C22H25ClN4O2. The summed E-state index contributed by atoms with van der Waals surface area (Å²) in [6.45, 7) is 5.52. The number of nitrogens with one attached hydrogen (secondary N) is 2. The molecule has 29 heavy (non-hydrogen) atoms. The van der Waals surface area contributed by atoms with Gasteiger partial charge in [0.25, 0.3) is 5.91 Å². The zero-order valence-corrected chi connectivity index (χ0v) is 17.0. The zero-order chi connectivity index (χ0) is 19.2. The number of aromatic nitrogens is 1. The van der Waals surface area contributed by atoms with E-state index in [1.807, 2.05) is 54.6 Å². The maximum absolute atomic E-state index is 12.7. The number of hydrogen-bond donors (Lipinski definition) is 2. The number of carbonyl (C=O) groups is 1. The van der Waals surface area contributed by atoms with E-state index >= 15 is 0 Å². The van der Waals surface area contributed by atoms with Crippen LogP contribution in [0.25, 0.3) is 22.8 Å². The lowest BCUT2D eigenvalue weighted by atomic mass is 10.1. The Kier molecular flexibility index (Phi) is 7.41. The molecule has 2 heterocycles. The van der Waals surface area contributed by atoms with Crippen LogP contribution in [0.3, 0.4) is 0 Å². The molecule has 0 saturated carbocycles. The fraction of sp³-hybridized carbons (Fsp3) is 0.273. The molecular weight excluding hydrogens is 388 g/mol. The Labute approximate surface area is 176 Å². The summed E-state index contributed by atoms with van der Waals surface area (Å²) in [4.78, 5) is 19.5. The molecule has 2 N–H and O–H groups in total. The van der Waals surface area contributed by atoms with Crippen molar-refractivity contribution in [2.45, 2.75) is 0 Å². The molecule has 1 amide bonds. The van der Waals surface area contributed by atoms with Crippen LogP contribution in [0.5, 0.6) is 0 Å². The molecule has 1 saturated heterocycles. The molecule has 1 aliphatic rings. The van der Waals surface area contributed by atoms with E-state index in [2.05, 4.69) is 20.5 Å². The van der Waals surface area contributed by atoms with Gasteiger partial charge in [-0.1, -0.05) is 42.5 Å². The summed E-state index contributed by atoms with van der Waals surface area (Å²) in [6, 6.07) is 17.2. The molecule has 1 fully saturated rings. The summed E-state index contributed by atoms with van der Waals surface area (Å²) < 4.78 is 5.94. The van der Waals surface area contributed by atoms with Gasteiger partial charge in [-0.15, -0.1) is 12.4 Å². The molecule has 2 aromatic carbocycles. The van der Waals surface area contributed by atoms with Gasteiger partial charge in [-0.25, -0.2) is 4.98 Å². The predicted molar refractivity (Wildman–Crippen MR) is 116 cm³/mol. The van der Waals surface area contributed by atoms with Gasteiger partial charge < -0.3 is 15.1 Å². The zero-order valence-electron chi connectivity index (χ0n) is 16.1. The van der Waals surface area contributed by atoms with E-state index in [4.69, 9.17) is 4.42 Å². The first-order valence-electron chi connectivity index (χ1n) is 9.63. The van der Waals surface area contributed by atoms with Crippen molar-refractivity contribution in [3.8, 4) is 22.8 Å². The van der Waals surface area contributed by atoms with E-state index in [0.717, 1.165) is 38.3 Å². The first kappa shape index (κ1) is 21.0. The Balaban J connectivity index is 0.00000240. The second-order valence-corrected chi connectivity index (χ2v) is 6.79. The molecule has 1 aromatic heterocycles. The normalized spacial score (nSPS) is 14.2. The van der Waals surface area contributed by atoms with Crippen molar-refractivity contribution in [1.29, 1.82) is 0 Å². The van der Waals surface area contributed by atoms with Crippen molar-refractivity contribution in [1.82, 2.24) is 20.5 Å². The molecule has 0 bridgehead atoms. The SMILES string of the molecule is Cl.O=C(NCCN1CCNCC1)c1ccccc1-c1ncc(-c2ccccc2)o1. The molecule has 152 valence electrons. The first-order valence-corrected chi connectivity index (χ1v) is 9.63. The van der Waals surface area contributed by atoms with Gasteiger partial charge in [-0.3, -0.25) is 9.69 Å². The highest BCUT2D eigenvalue weighted by Crippen LogP contribution is 2.28. The Morgan fingerprint density at radius 3 is 2.59 bits per heavy atom. The average molecular weight is 413 g/mol. The van der Waals surface area contributed by atoms with Crippen LogP contribution in [-0.4, -0.2) is 55.1 Å². The average Bonchev–Trinajstić information content (AvgIpc) is 3.25. The minimum absolute atomic E-state index is 0. The van der Waals surface area contributed by atoms with Crippen molar-refractivity contribution in [2.24, 2.45) is 0 Å². The Morgan fingerprint density at radius 1 is 1.07 bits per heavy atom. The van der Waals surface area contributed by atoms with Gasteiger partial charge in [-0.2, -0.15) is 0 Å². The summed E-state index contributed by atoms with van der Waals surface area (Å²) in [5.74, 6) is 1.03. The fourth-order valence-corrected chi connectivity index (χ4v) is 3.36. The largest absolute Gasteiger partial charge is 0.436 e. The summed E-state index contributed by atoms with van der Waals surface area (Å²) in [7, 11) is 0. The Bertz CT molecular complexity index is 923. The number of hydrogen-bond acceptors (Lipinski definition) is 5. The van der Waals surface area contributed by atoms with Crippen molar-refractivity contribution < 1.29 is 9.21 Å². The maximum atomic E-state index is 12.7. The number of nitrogens with zero attached hydrogens (tertiary/aromatic N) is 2. The van der Waals surface area contributed by atoms with Crippen LogP contribution in [0.1, 0.15) is 10.4 Å².